The van der Waals surface area contributed by atoms with Crippen molar-refractivity contribution >= 4 is 11.9 Å². The Labute approximate surface area is 99.5 Å². The average molecular weight is 236 g/mol. The van der Waals surface area contributed by atoms with Crippen molar-refractivity contribution in [3.63, 3.8) is 0 Å². The van der Waals surface area contributed by atoms with Gasteiger partial charge in [-0.1, -0.05) is 13.8 Å². The fourth-order valence-corrected chi connectivity index (χ4v) is 1.36. The van der Waals surface area contributed by atoms with Crippen LogP contribution < -0.4 is 5.32 Å². The first-order valence-corrected chi connectivity index (χ1v) is 5.24. The summed E-state index contributed by atoms with van der Waals surface area (Å²) < 4.78 is 0. The summed E-state index contributed by atoms with van der Waals surface area (Å²) in [5.74, 6) is -1.54. The van der Waals surface area contributed by atoms with E-state index in [1.807, 2.05) is 32.3 Å². The first-order valence-electron chi connectivity index (χ1n) is 5.24. The summed E-state index contributed by atoms with van der Waals surface area (Å²) in [6.07, 6.45) is 5.52. The Hall–Kier alpha value is -2.04. The van der Waals surface area contributed by atoms with Crippen LogP contribution in [0.5, 0.6) is 0 Å². The van der Waals surface area contributed by atoms with Crippen molar-refractivity contribution in [1.29, 1.82) is 0 Å². The second kappa shape index (κ2) is 5.34. The number of carbonyl (C=O) groups excluding carboxylic acids is 1. The van der Waals surface area contributed by atoms with Crippen LogP contribution in [0.3, 0.4) is 0 Å². The smallest absolute Gasteiger partial charge is 0.328 e. The molecule has 92 valence electrons. The van der Waals surface area contributed by atoms with E-state index < -0.39 is 11.9 Å². The molecule has 1 rings (SSSR count). The lowest BCUT2D eigenvalue weighted by atomic mass is 9.86. The van der Waals surface area contributed by atoms with E-state index in [0.29, 0.717) is 6.54 Å². The molecule has 0 aliphatic carbocycles. The Kier molecular flexibility index (Phi) is 4.09. The highest BCUT2D eigenvalue weighted by molar-refractivity contribution is 5.93. The molecule has 0 aliphatic rings. The molecular formula is C12H16N2O3. The van der Waals surface area contributed by atoms with E-state index in [4.69, 9.17) is 5.11 Å². The number of aromatic nitrogens is 1. The lowest BCUT2D eigenvalue weighted by molar-refractivity contribution is -0.131. The molecule has 0 aromatic carbocycles. The molecule has 0 saturated carbocycles. The number of rotatable bonds is 5. The van der Waals surface area contributed by atoms with Crippen LogP contribution in [0.25, 0.3) is 0 Å². The number of hydrogen-bond donors (Lipinski definition) is 3. The van der Waals surface area contributed by atoms with Crippen LogP contribution in [0.15, 0.2) is 30.6 Å². The minimum Gasteiger partial charge on any atom is -0.478 e. The molecule has 0 aliphatic heterocycles. The number of aromatic amines is 1. The lowest BCUT2D eigenvalue weighted by Crippen LogP contribution is -2.35. The second-order valence-electron chi connectivity index (χ2n) is 4.37. The summed E-state index contributed by atoms with van der Waals surface area (Å²) in [4.78, 5) is 24.5. The average Bonchev–Trinajstić information content (AvgIpc) is 2.77. The quantitative estimate of drug-likeness (QED) is 0.668. The van der Waals surface area contributed by atoms with E-state index in [0.717, 1.165) is 17.7 Å². The third-order valence-corrected chi connectivity index (χ3v) is 2.46. The minimum absolute atomic E-state index is 0.202. The van der Waals surface area contributed by atoms with Gasteiger partial charge in [0.15, 0.2) is 0 Å². The van der Waals surface area contributed by atoms with Gasteiger partial charge in [0.05, 0.1) is 0 Å². The van der Waals surface area contributed by atoms with Crippen molar-refractivity contribution in [2.75, 3.05) is 6.54 Å². The van der Waals surface area contributed by atoms with E-state index in [2.05, 4.69) is 10.3 Å². The molecule has 0 bridgehead atoms. The zero-order valence-electron chi connectivity index (χ0n) is 9.86. The van der Waals surface area contributed by atoms with Gasteiger partial charge in [-0.3, -0.25) is 4.79 Å². The predicted molar refractivity (Wildman–Crippen MR) is 63.6 cm³/mol. The van der Waals surface area contributed by atoms with E-state index in [1.165, 1.54) is 0 Å². The Morgan fingerprint density at radius 1 is 1.47 bits per heavy atom. The first-order chi connectivity index (χ1) is 7.92. The molecule has 5 heteroatoms. The second-order valence-corrected chi connectivity index (χ2v) is 4.37. The van der Waals surface area contributed by atoms with E-state index in [9.17, 15) is 9.59 Å². The van der Waals surface area contributed by atoms with Crippen LogP contribution in [0.4, 0.5) is 0 Å². The molecule has 0 unspecified atom stereocenters. The summed E-state index contributed by atoms with van der Waals surface area (Å²) in [7, 11) is 0. The molecule has 3 N–H and O–H groups in total. The maximum Gasteiger partial charge on any atom is 0.328 e. The highest BCUT2D eigenvalue weighted by atomic mass is 16.4. The molecule has 1 aromatic heterocycles. The third-order valence-electron chi connectivity index (χ3n) is 2.46. The first kappa shape index (κ1) is 13.0. The van der Waals surface area contributed by atoms with Crippen LogP contribution in [0.2, 0.25) is 0 Å². The van der Waals surface area contributed by atoms with Crippen LogP contribution in [0.1, 0.15) is 19.4 Å². The summed E-state index contributed by atoms with van der Waals surface area (Å²) in [6, 6.07) is 1.94. The number of carbonyl (C=O) groups is 2. The van der Waals surface area contributed by atoms with Crippen LogP contribution in [-0.4, -0.2) is 28.5 Å². The SMILES string of the molecule is CC(C)(CNC(=O)/C=C/C(=O)O)c1cc[nH]c1. The molecule has 0 atom stereocenters. The fourth-order valence-electron chi connectivity index (χ4n) is 1.36. The molecule has 17 heavy (non-hydrogen) atoms. The Balaban J connectivity index is 2.50. The minimum atomic E-state index is -1.13. The van der Waals surface area contributed by atoms with Gasteiger partial charge in [0, 0.05) is 36.5 Å². The molecule has 0 fully saturated rings. The topological polar surface area (TPSA) is 82.2 Å². The largest absolute Gasteiger partial charge is 0.478 e. The fraction of sp³-hybridized carbons (Fsp3) is 0.333. The number of amides is 1. The van der Waals surface area contributed by atoms with Crippen molar-refractivity contribution in [2.45, 2.75) is 19.3 Å². The number of aliphatic carboxylic acids is 1. The monoisotopic (exact) mass is 236 g/mol. The molecular weight excluding hydrogens is 220 g/mol. The summed E-state index contributed by atoms with van der Waals surface area (Å²) in [5.41, 5.74) is 0.882. The molecule has 0 saturated heterocycles. The van der Waals surface area contributed by atoms with Gasteiger partial charge in [-0.2, -0.15) is 0 Å². The van der Waals surface area contributed by atoms with Gasteiger partial charge < -0.3 is 15.4 Å². The van der Waals surface area contributed by atoms with Crippen molar-refractivity contribution < 1.29 is 14.7 Å². The lowest BCUT2D eigenvalue weighted by Gasteiger charge is -2.23. The van der Waals surface area contributed by atoms with Crippen molar-refractivity contribution in [2.24, 2.45) is 0 Å². The Bertz CT molecular complexity index is 419. The van der Waals surface area contributed by atoms with Gasteiger partial charge in [-0.25, -0.2) is 4.79 Å². The highest BCUT2D eigenvalue weighted by Crippen LogP contribution is 2.21. The molecule has 1 aromatic rings. The molecule has 1 amide bonds. The standard InChI is InChI=1S/C12H16N2O3/c1-12(2,9-5-6-13-7-9)8-14-10(15)3-4-11(16)17/h3-7,13H,8H2,1-2H3,(H,14,15)(H,16,17)/b4-3+. The summed E-state index contributed by atoms with van der Waals surface area (Å²) in [5, 5.41) is 11.0. The van der Waals surface area contributed by atoms with Crippen LogP contribution in [0, 0.1) is 0 Å². The molecule has 0 spiro atoms. The van der Waals surface area contributed by atoms with Crippen LogP contribution in [-0.2, 0) is 15.0 Å². The maximum absolute atomic E-state index is 11.3. The molecule has 0 radical (unpaired) electrons. The zero-order valence-corrected chi connectivity index (χ0v) is 9.86. The van der Waals surface area contributed by atoms with Gasteiger partial charge in [0.2, 0.25) is 5.91 Å². The maximum atomic E-state index is 11.3. The van der Waals surface area contributed by atoms with Crippen molar-refractivity contribution in [3.8, 4) is 0 Å². The normalized spacial score (nSPS) is 11.6. The van der Waals surface area contributed by atoms with Crippen molar-refractivity contribution in [3.05, 3.63) is 36.2 Å². The van der Waals surface area contributed by atoms with Gasteiger partial charge in [-0.05, 0) is 11.6 Å². The number of H-pyrrole nitrogens is 1. The van der Waals surface area contributed by atoms with Gasteiger partial charge in [0.1, 0.15) is 0 Å². The van der Waals surface area contributed by atoms with Gasteiger partial charge in [-0.15, -0.1) is 0 Å². The van der Waals surface area contributed by atoms with Gasteiger partial charge >= 0.3 is 5.97 Å². The van der Waals surface area contributed by atoms with E-state index in [1.54, 1.807) is 0 Å². The highest BCUT2D eigenvalue weighted by Gasteiger charge is 2.21. The Morgan fingerprint density at radius 3 is 2.71 bits per heavy atom. The number of hydrogen-bond acceptors (Lipinski definition) is 2. The van der Waals surface area contributed by atoms with Crippen LogP contribution >= 0.6 is 0 Å². The van der Waals surface area contributed by atoms with E-state index >= 15 is 0 Å². The zero-order chi connectivity index (χ0) is 12.9. The molecule has 1 heterocycles. The summed E-state index contributed by atoms with van der Waals surface area (Å²) >= 11 is 0. The van der Waals surface area contributed by atoms with Crippen molar-refractivity contribution in [1.82, 2.24) is 10.3 Å². The number of carboxylic acids is 1. The van der Waals surface area contributed by atoms with E-state index in [-0.39, 0.29) is 5.41 Å². The molecule has 5 nitrogen and oxygen atoms in total. The summed E-state index contributed by atoms with van der Waals surface area (Å²) in [6.45, 7) is 4.43. The number of carboxylic acid groups (broad SMARTS) is 1. The predicted octanol–water partition coefficient (Wildman–Crippen LogP) is 1.05. The van der Waals surface area contributed by atoms with Gasteiger partial charge in [0.25, 0.3) is 0 Å². The Morgan fingerprint density at radius 2 is 2.18 bits per heavy atom. The third kappa shape index (κ3) is 4.14. The number of nitrogens with one attached hydrogen (secondary N) is 2.